The first-order valence-corrected chi connectivity index (χ1v) is 7.88. The summed E-state index contributed by atoms with van der Waals surface area (Å²) < 4.78 is 0. The molecule has 1 aromatic rings. The molecule has 0 amide bonds. The molecule has 3 aliphatic rings. The summed E-state index contributed by atoms with van der Waals surface area (Å²) in [5.74, 6) is 1.18. The third kappa shape index (κ3) is 1.54. The molecule has 2 atom stereocenters. The van der Waals surface area contributed by atoms with E-state index in [9.17, 15) is 0 Å². The number of aryl methyl sites for hydroxylation is 1. The van der Waals surface area contributed by atoms with Gasteiger partial charge in [0.1, 0.15) is 0 Å². The number of allylic oxidation sites excluding steroid dienone is 4. The van der Waals surface area contributed by atoms with Gasteiger partial charge in [0, 0.05) is 5.92 Å². The molecule has 0 aromatic heterocycles. The van der Waals surface area contributed by atoms with Crippen LogP contribution >= 0.6 is 0 Å². The van der Waals surface area contributed by atoms with E-state index in [1.807, 2.05) is 0 Å². The maximum atomic E-state index is 4.51. The van der Waals surface area contributed by atoms with Crippen molar-refractivity contribution >= 4 is 5.57 Å². The Morgan fingerprint density at radius 3 is 2.90 bits per heavy atom. The van der Waals surface area contributed by atoms with Crippen molar-refractivity contribution < 1.29 is 0 Å². The molecule has 3 aliphatic carbocycles. The normalized spacial score (nSPS) is 28.2. The van der Waals surface area contributed by atoms with Gasteiger partial charge in [0.05, 0.1) is 0 Å². The van der Waals surface area contributed by atoms with E-state index in [0.717, 1.165) is 12.8 Å². The predicted molar refractivity (Wildman–Crippen MR) is 85.7 cm³/mol. The standard InChI is InChI=1S/C20H22/c1-12-10-13(2)19-14(3)16-8-4-6-15-7-5-9-17(20(15)16)18(19)11-12/h5,7,9,13,16H,1,3-4,6,8,10-11H2,2H3. The highest BCUT2D eigenvalue weighted by atomic mass is 14.4. The molecule has 0 aliphatic heterocycles. The van der Waals surface area contributed by atoms with E-state index in [-0.39, 0.29) is 0 Å². The van der Waals surface area contributed by atoms with Gasteiger partial charge in [-0.15, -0.1) is 0 Å². The van der Waals surface area contributed by atoms with Crippen molar-refractivity contribution in [2.24, 2.45) is 5.92 Å². The number of benzene rings is 1. The molecule has 4 rings (SSSR count). The topological polar surface area (TPSA) is 0 Å². The first-order valence-electron chi connectivity index (χ1n) is 7.88. The lowest BCUT2D eigenvalue weighted by Gasteiger charge is -2.41. The van der Waals surface area contributed by atoms with Gasteiger partial charge in [-0.2, -0.15) is 0 Å². The van der Waals surface area contributed by atoms with Crippen molar-refractivity contribution in [1.29, 1.82) is 0 Å². The zero-order valence-corrected chi connectivity index (χ0v) is 12.3. The Balaban J connectivity index is 2.01. The molecule has 1 aromatic carbocycles. The molecule has 20 heavy (non-hydrogen) atoms. The van der Waals surface area contributed by atoms with Crippen LogP contribution in [0.2, 0.25) is 0 Å². The molecule has 0 heterocycles. The molecule has 0 radical (unpaired) electrons. The molecule has 0 saturated heterocycles. The van der Waals surface area contributed by atoms with Crippen LogP contribution in [0.4, 0.5) is 0 Å². The van der Waals surface area contributed by atoms with Crippen LogP contribution in [-0.2, 0) is 6.42 Å². The molecule has 0 heteroatoms. The molecule has 0 fully saturated rings. The van der Waals surface area contributed by atoms with E-state index in [1.54, 1.807) is 16.7 Å². The second-order valence-corrected chi connectivity index (χ2v) is 6.77. The molecule has 0 nitrogen and oxygen atoms in total. The molecule has 0 saturated carbocycles. The van der Waals surface area contributed by atoms with E-state index in [1.165, 1.54) is 41.5 Å². The van der Waals surface area contributed by atoms with Crippen molar-refractivity contribution in [2.75, 3.05) is 0 Å². The van der Waals surface area contributed by atoms with Crippen LogP contribution in [0.1, 0.15) is 55.2 Å². The maximum absolute atomic E-state index is 4.51. The average molecular weight is 262 g/mol. The summed E-state index contributed by atoms with van der Waals surface area (Å²) in [5, 5.41) is 0. The van der Waals surface area contributed by atoms with E-state index in [4.69, 9.17) is 0 Å². The summed E-state index contributed by atoms with van der Waals surface area (Å²) in [4.78, 5) is 0. The molecular weight excluding hydrogens is 240 g/mol. The van der Waals surface area contributed by atoms with Crippen LogP contribution in [0.3, 0.4) is 0 Å². The van der Waals surface area contributed by atoms with Gasteiger partial charge in [0.15, 0.2) is 0 Å². The summed E-state index contributed by atoms with van der Waals surface area (Å²) in [6.45, 7) is 11.1. The molecule has 0 bridgehead atoms. The Labute approximate surface area is 121 Å². The fraction of sp³-hybridized carbons (Fsp3) is 0.400. The van der Waals surface area contributed by atoms with Crippen molar-refractivity contribution in [3.05, 3.63) is 64.8 Å². The third-order valence-electron chi connectivity index (χ3n) is 5.42. The Morgan fingerprint density at radius 2 is 2.05 bits per heavy atom. The maximum Gasteiger partial charge on any atom is 0.00953 e. The summed E-state index contributed by atoms with van der Waals surface area (Å²) in [6, 6.07) is 6.91. The van der Waals surface area contributed by atoms with Gasteiger partial charge < -0.3 is 0 Å². The zero-order chi connectivity index (χ0) is 13.9. The van der Waals surface area contributed by atoms with Gasteiger partial charge in [0.25, 0.3) is 0 Å². The molecule has 0 N–H and O–H groups in total. The van der Waals surface area contributed by atoms with Gasteiger partial charge >= 0.3 is 0 Å². The number of hydrogen-bond donors (Lipinski definition) is 0. The zero-order valence-electron chi connectivity index (χ0n) is 12.3. The van der Waals surface area contributed by atoms with Crippen LogP contribution in [-0.4, -0.2) is 0 Å². The Kier molecular flexibility index (Phi) is 2.57. The lowest BCUT2D eigenvalue weighted by atomic mass is 9.63. The van der Waals surface area contributed by atoms with Crippen LogP contribution in [0.15, 0.2) is 48.1 Å². The molecule has 2 unspecified atom stereocenters. The number of rotatable bonds is 0. The average Bonchev–Trinajstić information content (AvgIpc) is 2.43. The van der Waals surface area contributed by atoms with Crippen LogP contribution in [0.5, 0.6) is 0 Å². The Morgan fingerprint density at radius 1 is 1.20 bits per heavy atom. The monoisotopic (exact) mass is 262 g/mol. The fourth-order valence-corrected chi connectivity index (χ4v) is 4.68. The highest BCUT2D eigenvalue weighted by molar-refractivity contribution is 5.82. The fourth-order valence-electron chi connectivity index (χ4n) is 4.68. The third-order valence-corrected chi connectivity index (χ3v) is 5.42. The SMILES string of the molecule is C=C1CC2=C(C(=C)C3CCCc4cccc2c43)C(C)C1. The molecular formula is C20H22. The van der Waals surface area contributed by atoms with Crippen molar-refractivity contribution in [3.63, 3.8) is 0 Å². The van der Waals surface area contributed by atoms with Gasteiger partial charge in [0.2, 0.25) is 0 Å². The quantitative estimate of drug-likeness (QED) is 0.548. The van der Waals surface area contributed by atoms with E-state index in [0.29, 0.717) is 11.8 Å². The van der Waals surface area contributed by atoms with E-state index < -0.39 is 0 Å². The van der Waals surface area contributed by atoms with E-state index in [2.05, 4.69) is 38.3 Å². The minimum atomic E-state index is 0.586. The predicted octanol–water partition coefficient (Wildman–Crippen LogP) is 5.42. The van der Waals surface area contributed by atoms with Crippen molar-refractivity contribution in [1.82, 2.24) is 0 Å². The lowest BCUT2D eigenvalue weighted by molar-refractivity contribution is 0.571. The molecule has 102 valence electrons. The summed E-state index contributed by atoms with van der Waals surface area (Å²) in [7, 11) is 0. The molecule has 0 spiro atoms. The summed E-state index contributed by atoms with van der Waals surface area (Å²) in [6.07, 6.45) is 6.03. The second kappa shape index (κ2) is 4.22. The van der Waals surface area contributed by atoms with Crippen LogP contribution in [0.25, 0.3) is 5.57 Å². The first-order chi connectivity index (χ1) is 9.66. The van der Waals surface area contributed by atoms with E-state index >= 15 is 0 Å². The smallest absolute Gasteiger partial charge is 0.00953 e. The summed E-state index contributed by atoms with van der Waals surface area (Å²) in [5.41, 5.74) is 10.6. The minimum absolute atomic E-state index is 0.586. The van der Waals surface area contributed by atoms with Gasteiger partial charge in [-0.1, -0.05) is 43.9 Å². The second-order valence-electron chi connectivity index (χ2n) is 6.77. The number of fused-ring (bicyclic) bond motifs is 1. The lowest BCUT2D eigenvalue weighted by Crippen LogP contribution is -2.24. The number of hydrogen-bond acceptors (Lipinski definition) is 0. The van der Waals surface area contributed by atoms with Gasteiger partial charge in [-0.3, -0.25) is 0 Å². The largest absolute Gasteiger partial charge is 0.0995 e. The van der Waals surface area contributed by atoms with Crippen LogP contribution < -0.4 is 0 Å². The Hall–Kier alpha value is -1.56. The van der Waals surface area contributed by atoms with Gasteiger partial charge in [-0.25, -0.2) is 0 Å². The van der Waals surface area contributed by atoms with Gasteiger partial charge in [-0.05, 0) is 71.4 Å². The van der Waals surface area contributed by atoms with Crippen molar-refractivity contribution in [2.45, 2.75) is 44.9 Å². The highest BCUT2D eigenvalue weighted by Gasteiger charge is 2.36. The van der Waals surface area contributed by atoms with Crippen molar-refractivity contribution in [3.8, 4) is 0 Å². The van der Waals surface area contributed by atoms with Crippen LogP contribution in [0, 0.1) is 5.92 Å². The summed E-state index contributed by atoms with van der Waals surface area (Å²) >= 11 is 0. The Bertz CT molecular complexity index is 657. The first kappa shape index (κ1) is 12.2. The minimum Gasteiger partial charge on any atom is -0.0995 e. The highest BCUT2D eigenvalue weighted by Crippen LogP contribution is 2.53.